The Hall–Kier alpha value is -7.75. The molecule has 5 heterocycles. The molecule has 503 valence electrons. The van der Waals surface area contributed by atoms with Gasteiger partial charge in [-0.25, -0.2) is 9.59 Å². The van der Waals surface area contributed by atoms with Crippen molar-refractivity contribution >= 4 is 103 Å². The first-order valence-electron chi connectivity index (χ1n) is 29.1. The molecule has 18 nitrogen and oxygen atoms in total. The summed E-state index contributed by atoms with van der Waals surface area (Å²) in [5.41, 5.74) is 12.7. The summed E-state index contributed by atoms with van der Waals surface area (Å²) in [5, 5.41) is 57.2. The smallest absolute Gasteiger partial charge is 0.420 e. The van der Waals surface area contributed by atoms with Crippen LogP contribution in [0, 0.1) is 45.8 Å². The largest absolute Gasteiger partial charge is 0.477 e. The number of aromatic carboxylic acids is 1. The molecule has 8 aromatic rings. The number of carbonyl (C=O) groups is 2. The Bertz CT molecular complexity index is 4130. The van der Waals surface area contributed by atoms with Gasteiger partial charge in [0.25, 0.3) is 0 Å². The van der Waals surface area contributed by atoms with Gasteiger partial charge in [-0.1, -0.05) is 149 Å². The third-order valence-corrected chi connectivity index (χ3v) is 14.8. The zero-order valence-electron chi connectivity index (χ0n) is 53.3. The van der Waals surface area contributed by atoms with Gasteiger partial charge >= 0.3 is 24.0 Å². The number of fused-ring (bicyclic) bond motifs is 2. The van der Waals surface area contributed by atoms with Gasteiger partial charge in [-0.05, 0) is 124 Å². The van der Waals surface area contributed by atoms with Gasteiger partial charge in [0.05, 0.1) is 68.0 Å². The molecule has 9 rings (SSSR count). The van der Waals surface area contributed by atoms with Crippen LogP contribution in [-0.4, -0.2) is 92.7 Å². The third kappa shape index (κ3) is 23.6. The number of carboxylic acids is 1. The maximum absolute atomic E-state index is 14.2. The summed E-state index contributed by atoms with van der Waals surface area (Å²) in [7, 11) is 0. The van der Waals surface area contributed by atoms with Crippen LogP contribution in [0.5, 0.6) is 0 Å². The Morgan fingerprint density at radius 2 is 1.33 bits per heavy atom. The predicted molar refractivity (Wildman–Crippen MR) is 359 cm³/mol. The molecular weight excluding hydrogens is 1370 g/mol. The van der Waals surface area contributed by atoms with E-state index in [1.165, 1.54) is 43.5 Å². The Morgan fingerprint density at radius 1 is 0.830 bits per heavy atom. The number of halogens is 8. The Balaban J connectivity index is 0.000000369. The fraction of sp³-hybridized carbons (Fsp3) is 0.364. The Kier molecular flexibility index (Phi) is 30.6. The molecule has 0 saturated carbocycles. The molecule has 0 aliphatic carbocycles. The number of aliphatic hydroxyl groups excluding tert-OH is 1. The number of terminal acetylenes is 1. The first-order valence-corrected chi connectivity index (χ1v) is 30.5. The van der Waals surface area contributed by atoms with Crippen molar-refractivity contribution in [3.8, 4) is 24.5 Å². The van der Waals surface area contributed by atoms with Crippen LogP contribution < -0.4 is 10.6 Å². The molecular formula is C66H70Cl4CuF4N12O6S. The number of pyridine rings is 2. The Morgan fingerprint density at radius 3 is 1.72 bits per heavy atom. The second kappa shape index (κ2) is 37.4. The molecule has 1 aliphatic rings. The van der Waals surface area contributed by atoms with Crippen molar-refractivity contribution in [2.24, 2.45) is 15.9 Å². The van der Waals surface area contributed by atoms with Crippen LogP contribution >= 0.6 is 57.7 Å². The molecule has 1 saturated heterocycles. The van der Waals surface area contributed by atoms with Gasteiger partial charge in [-0.15, -0.1) is 22.9 Å². The molecule has 2 atom stereocenters. The van der Waals surface area contributed by atoms with Gasteiger partial charge in [-0.2, -0.15) is 32.8 Å². The van der Waals surface area contributed by atoms with Gasteiger partial charge in [0.15, 0.2) is 0 Å². The van der Waals surface area contributed by atoms with E-state index in [1.807, 2.05) is 17.2 Å². The number of nitrogens with zero attached hydrogens (tertiary/aromatic N) is 10. The number of thiophene rings is 1. The van der Waals surface area contributed by atoms with Crippen molar-refractivity contribution in [3.63, 3.8) is 0 Å². The summed E-state index contributed by atoms with van der Waals surface area (Å²) in [6.45, 7) is 15.4. The van der Waals surface area contributed by atoms with E-state index in [-0.39, 0.29) is 70.2 Å². The molecule has 1 aliphatic heterocycles. The standard InChI is InChI=1S/C27H26Cl2F2N6O.C25H23Cl2N3.C5H4O2S.C4H5F2N3O2.C4H8O.CH4.Cu/c1-26(2,3)14-34-24-17(11-32)12-33-25-20(24)9-16(10-22(25)29)8-19(18-6-4-5-7-21(18)28)23-13-37(36-35-23)27(30,31)15-38;1-5-17(19-8-6-7-9-21(19)26)10-16-11-20-23(30-15-25(2,3)4)18(13-28)14-29-24(20)22(27)12-16;6-5(7)4-2-1-3-8-4;1-2-11-3(10)4(5,6)8-9-7;1-2-4-5-3-1;;/h4-7,9-10,12-13,19,38H,8,14-15H2,1-3H3,(H,33,34);1,6-9,11-12,14,17H,10,15H2,2-4H3,(H,29,30);1-3H,(H,6,7);2H2,1H3;1-4H2;1H4;/t19-;17-;;;;;/m11...../s1/i19D;17D;;;;;. The van der Waals surface area contributed by atoms with E-state index in [1.54, 1.807) is 83.1 Å². The number of nitrogens with one attached hydrogen (secondary N) is 2. The zero-order valence-corrected chi connectivity index (χ0v) is 56.1. The van der Waals surface area contributed by atoms with Gasteiger partial charge in [0.1, 0.15) is 23.6 Å². The number of carboxylic acid groups (broad SMARTS) is 1. The summed E-state index contributed by atoms with van der Waals surface area (Å²) in [6.07, 6.45) is 12.4. The maximum Gasteiger partial charge on any atom is 0.420 e. The second-order valence-corrected chi connectivity index (χ2v) is 25.0. The summed E-state index contributed by atoms with van der Waals surface area (Å²) in [6, 6.07) is 20.6. The number of azide groups is 1. The van der Waals surface area contributed by atoms with E-state index in [0.717, 1.165) is 30.4 Å². The van der Waals surface area contributed by atoms with Crippen molar-refractivity contribution in [1.82, 2.24) is 25.0 Å². The van der Waals surface area contributed by atoms with E-state index >= 15 is 0 Å². The minimum atomic E-state index is -4.09. The minimum absolute atomic E-state index is 0. The third-order valence-electron chi connectivity index (χ3n) is 12.7. The quantitative estimate of drug-likeness (QED) is 0.00965. The van der Waals surface area contributed by atoms with E-state index in [2.05, 4.69) is 95.3 Å². The van der Waals surface area contributed by atoms with Crippen LogP contribution in [0.25, 0.3) is 32.2 Å². The number of carbonyl (C=O) groups excluding carboxylic acids is 1. The van der Waals surface area contributed by atoms with Crippen molar-refractivity contribution < 1.29 is 66.6 Å². The molecule has 94 heavy (non-hydrogen) atoms. The molecule has 1 radical (unpaired) electrons. The monoisotopic (exact) mass is 1440 g/mol. The number of alkyl halides is 4. The first kappa shape index (κ1) is 77.0. The Labute approximate surface area is 580 Å². The molecule has 4 aromatic heterocycles. The molecule has 0 amide bonds. The fourth-order valence-corrected chi connectivity index (χ4v) is 9.96. The van der Waals surface area contributed by atoms with E-state index in [9.17, 15) is 39.0 Å². The van der Waals surface area contributed by atoms with Gasteiger partial charge in [-0.3, -0.25) is 9.97 Å². The average molecular weight is 1440 g/mol. The number of hydrogen-bond donors (Lipinski definition) is 4. The molecule has 0 unspecified atom stereocenters. The van der Waals surface area contributed by atoms with Crippen LogP contribution in [0.2, 0.25) is 20.1 Å². The number of benzene rings is 4. The molecule has 0 bridgehead atoms. The van der Waals surface area contributed by atoms with Gasteiger partial charge < -0.3 is 30.3 Å². The SMILES string of the molecule is C.C1CCOC1.CCOC(=O)C(F)(F)N=[N+]=[N-].O=C(O)c1cccs1.[2H][C@@](C#C)(Cc1cc(Cl)c2ncc(C#N)c(NCC(C)(C)C)c2c1)c1ccccc1Cl.[2H][C@](Cc1cc(Cl)c2ncc(C#N)c(NCC(C)(C)C)c2c1)(c1cn(C(F)(F)CO)nn1)c1ccccc1Cl.[Cu]. The maximum atomic E-state index is 14.2. The van der Waals surface area contributed by atoms with Crippen molar-refractivity contribution in [2.75, 3.05) is 50.2 Å². The van der Waals surface area contributed by atoms with Crippen molar-refractivity contribution in [2.45, 2.75) is 105 Å². The van der Waals surface area contributed by atoms with Crippen molar-refractivity contribution in [3.05, 3.63) is 183 Å². The number of aromatic nitrogens is 5. The van der Waals surface area contributed by atoms with Crippen LogP contribution in [0.1, 0.15) is 132 Å². The van der Waals surface area contributed by atoms with Gasteiger partial charge in [0.2, 0.25) is 0 Å². The van der Waals surface area contributed by atoms with E-state index < -0.39 is 42.4 Å². The molecule has 0 spiro atoms. The summed E-state index contributed by atoms with van der Waals surface area (Å²) < 4.78 is 80.0. The number of hydrogen-bond acceptors (Lipinski definition) is 15. The fourth-order valence-electron chi connectivity index (χ4n) is 8.32. The molecule has 4 aromatic carbocycles. The average Bonchev–Trinajstić information content (AvgIpc) is 1.37. The van der Waals surface area contributed by atoms with Crippen LogP contribution in [0.4, 0.5) is 28.9 Å². The molecule has 4 N–H and O–H groups in total. The van der Waals surface area contributed by atoms with Gasteiger partial charge in [0, 0.05) is 90.1 Å². The zero-order chi connectivity index (χ0) is 69.8. The minimum Gasteiger partial charge on any atom is -0.477 e. The van der Waals surface area contributed by atoms with Crippen LogP contribution in [0.3, 0.4) is 0 Å². The predicted octanol–water partition coefficient (Wildman–Crippen LogP) is 17.5. The van der Waals surface area contributed by atoms with Crippen molar-refractivity contribution in [1.29, 1.82) is 10.5 Å². The van der Waals surface area contributed by atoms with Crippen LogP contribution in [-0.2, 0) is 50.2 Å². The second-order valence-electron chi connectivity index (χ2n) is 22.4. The molecule has 28 heteroatoms. The van der Waals surface area contributed by atoms with Crippen LogP contribution in [0.15, 0.2) is 114 Å². The first-order chi connectivity index (χ1) is 44.2. The number of esters is 1. The normalized spacial score (nSPS) is 13.3. The number of nitriles is 2. The summed E-state index contributed by atoms with van der Waals surface area (Å²) >= 11 is 27.2. The summed E-state index contributed by atoms with van der Waals surface area (Å²) in [4.78, 5) is 31.2. The number of anilines is 2. The summed E-state index contributed by atoms with van der Waals surface area (Å²) in [5.74, 6) is -3.23. The number of ether oxygens (including phenoxy) is 2. The molecule has 1 fully saturated rings. The number of aliphatic hydroxyl groups is 1. The number of rotatable bonds is 17. The topological polar surface area (TPSA) is 270 Å². The van der Waals surface area contributed by atoms with E-state index in [0.29, 0.717) is 88.6 Å². The van der Waals surface area contributed by atoms with E-state index in [4.69, 9.17) is 74.7 Å².